The lowest BCUT2D eigenvalue weighted by molar-refractivity contribution is 0.0963. The third kappa shape index (κ3) is 9.18. The molecule has 0 bridgehead atoms. The number of carbonyl (C=O) groups excluding carboxylic acids is 1. The maximum Gasteiger partial charge on any atom is 0.251 e. The number of carbonyl (C=O) groups is 1. The lowest BCUT2D eigenvalue weighted by Gasteiger charge is -2.12. The molecule has 0 atom stereocenters. The van der Waals surface area contributed by atoms with Crippen LogP contribution in [0.15, 0.2) is 59.6 Å². The van der Waals surface area contributed by atoms with Crippen LogP contribution >= 0.6 is 0 Å². The van der Waals surface area contributed by atoms with Crippen molar-refractivity contribution in [3.05, 3.63) is 71.3 Å². The van der Waals surface area contributed by atoms with Crippen molar-refractivity contribution in [3.63, 3.8) is 0 Å². The highest BCUT2D eigenvalue weighted by molar-refractivity contribution is 7.89. The number of rotatable bonds is 11. The molecular formula is C22H31N5O3S. The van der Waals surface area contributed by atoms with Gasteiger partial charge in [0.05, 0.1) is 12.3 Å². The Balaban J connectivity index is 1.82. The van der Waals surface area contributed by atoms with Crippen LogP contribution in [0.4, 0.5) is 0 Å². The Morgan fingerprint density at radius 2 is 1.74 bits per heavy atom. The average Bonchev–Trinajstić information content (AvgIpc) is 2.78. The molecule has 2 aromatic rings. The second-order valence-corrected chi connectivity index (χ2v) is 8.77. The molecule has 1 amide bonds. The van der Waals surface area contributed by atoms with E-state index in [1.165, 1.54) is 0 Å². The summed E-state index contributed by atoms with van der Waals surface area (Å²) in [5.74, 6) is 0.347. The zero-order chi connectivity index (χ0) is 22.5. The van der Waals surface area contributed by atoms with Crippen LogP contribution < -0.4 is 20.7 Å². The number of aliphatic imine (C=N–C) groups is 1. The molecule has 0 radical (unpaired) electrons. The van der Waals surface area contributed by atoms with Gasteiger partial charge in [0.25, 0.3) is 5.91 Å². The zero-order valence-corrected chi connectivity index (χ0v) is 18.8. The molecule has 0 fully saturated rings. The van der Waals surface area contributed by atoms with Crippen molar-refractivity contribution >= 4 is 21.9 Å². The molecule has 0 aliphatic heterocycles. The normalized spacial score (nSPS) is 11.7. The Morgan fingerprint density at radius 3 is 2.45 bits per heavy atom. The van der Waals surface area contributed by atoms with E-state index in [1.54, 1.807) is 13.1 Å². The summed E-state index contributed by atoms with van der Waals surface area (Å²) in [5, 5.41) is 8.93. The minimum atomic E-state index is -3.42. The Morgan fingerprint density at radius 1 is 1.00 bits per heavy atom. The first-order valence-corrected chi connectivity index (χ1v) is 11.9. The number of nitrogens with one attached hydrogen (secondary N) is 4. The molecule has 2 aromatic carbocycles. The third-order valence-electron chi connectivity index (χ3n) is 4.44. The Hall–Kier alpha value is -2.91. The third-order valence-corrected chi connectivity index (χ3v) is 5.74. The van der Waals surface area contributed by atoms with Gasteiger partial charge in [0.15, 0.2) is 5.96 Å². The number of sulfonamides is 1. The second-order valence-electron chi connectivity index (χ2n) is 6.84. The monoisotopic (exact) mass is 445 g/mol. The van der Waals surface area contributed by atoms with Crippen LogP contribution in [-0.2, 0) is 23.0 Å². The summed E-state index contributed by atoms with van der Waals surface area (Å²) in [4.78, 5) is 16.1. The maximum atomic E-state index is 12.2. The maximum absolute atomic E-state index is 12.2. The quantitative estimate of drug-likeness (QED) is 0.307. The van der Waals surface area contributed by atoms with E-state index < -0.39 is 10.0 Å². The Bertz CT molecular complexity index is 962. The molecule has 0 aliphatic carbocycles. The topological polar surface area (TPSA) is 112 Å². The van der Waals surface area contributed by atoms with E-state index >= 15 is 0 Å². The van der Waals surface area contributed by atoms with E-state index in [1.807, 2.05) is 55.5 Å². The van der Waals surface area contributed by atoms with Crippen LogP contribution in [-0.4, -0.2) is 52.7 Å². The molecule has 9 heteroatoms. The standard InChI is InChI=1S/C22H31N5O3S/c1-3-24-22(25-13-12-18-10-7-11-20(16-18)21(28)23-2)26-14-15-31(29,30)27-17-19-8-5-4-6-9-19/h4-11,16,27H,3,12-15,17H2,1-2H3,(H,23,28)(H2,24,25,26). The van der Waals surface area contributed by atoms with Gasteiger partial charge in [-0.2, -0.15) is 0 Å². The van der Waals surface area contributed by atoms with Crippen molar-refractivity contribution in [3.8, 4) is 0 Å². The SMILES string of the molecule is CCNC(=NCCS(=O)(=O)NCc1ccccc1)NCCc1cccc(C(=O)NC)c1. The van der Waals surface area contributed by atoms with E-state index in [0.29, 0.717) is 31.0 Å². The molecule has 4 N–H and O–H groups in total. The van der Waals surface area contributed by atoms with Crippen LogP contribution in [0.25, 0.3) is 0 Å². The number of benzene rings is 2. The van der Waals surface area contributed by atoms with Crippen molar-refractivity contribution < 1.29 is 13.2 Å². The molecule has 8 nitrogen and oxygen atoms in total. The fraction of sp³-hybridized carbons (Fsp3) is 0.364. The molecule has 0 saturated carbocycles. The van der Waals surface area contributed by atoms with E-state index in [9.17, 15) is 13.2 Å². The van der Waals surface area contributed by atoms with Gasteiger partial charge in [0.1, 0.15) is 0 Å². The number of guanidine groups is 1. The van der Waals surface area contributed by atoms with E-state index in [-0.39, 0.29) is 24.7 Å². The highest BCUT2D eigenvalue weighted by atomic mass is 32.2. The van der Waals surface area contributed by atoms with Gasteiger partial charge in [-0.1, -0.05) is 42.5 Å². The number of hydrogen-bond donors (Lipinski definition) is 4. The molecule has 0 aromatic heterocycles. The van der Waals surface area contributed by atoms with Gasteiger partial charge in [-0.3, -0.25) is 9.79 Å². The molecule has 31 heavy (non-hydrogen) atoms. The van der Waals surface area contributed by atoms with Gasteiger partial charge < -0.3 is 16.0 Å². The number of nitrogens with zero attached hydrogens (tertiary/aromatic N) is 1. The van der Waals surface area contributed by atoms with Crippen molar-refractivity contribution in [2.75, 3.05) is 32.4 Å². The van der Waals surface area contributed by atoms with Crippen molar-refractivity contribution in [1.82, 2.24) is 20.7 Å². The van der Waals surface area contributed by atoms with E-state index in [0.717, 1.165) is 11.1 Å². The number of hydrogen-bond acceptors (Lipinski definition) is 4. The molecule has 0 unspecified atom stereocenters. The molecule has 0 saturated heterocycles. The molecule has 0 aliphatic rings. The lowest BCUT2D eigenvalue weighted by Crippen LogP contribution is -2.39. The molecular weight excluding hydrogens is 414 g/mol. The van der Waals surface area contributed by atoms with Crippen molar-refractivity contribution in [2.24, 2.45) is 4.99 Å². The van der Waals surface area contributed by atoms with Gasteiger partial charge >= 0.3 is 0 Å². The van der Waals surface area contributed by atoms with Crippen molar-refractivity contribution in [1.29, 1.82) is 0 Å². The zero-order valence-electron chi connectivity index (χ0n) is 18.0. The van der Waals surface area contributed by atoms with Crippen LogP contribution in [0.3, 0.4) is 0 Å². The fourth-order valence-electron chi connectivity index (χ4n) is 2.82. The van der Waals surface area contributed by atoms with Crippen LogP contribution in [0.1, 0.15) is 28.4 Å². The molecule has 0 heterocycles. The summed E-state index contributed by atoms with van der Waals surface area (Å²) in [5.41, 5.74) is 2.55. The van der Waals surface area contributed by atoms with E-state index in [4.69, 9.17) is 0 Å². The average molecular weight is 446 g/mol. The highest BCUT2D eigenvalue weighted by Gasteiger charge is 2.10. The summed E-state index contributed by atoms with van der Waals surface area (Å²) in [6.45, 7) is 3.62. The molecule has 168 valence electrons. The van der Waals surface area contributed by atoms with E-state index in [2.05, 4.69) is 25.7 Å². The van der Waals surface area contributed by atoms with Gasteiger partial charge in [-0.05, 0) is 36.6 Å². The summed E-state index contributed by atoms with van der Waals surface area (Å²) in [7, 11) is -1.82. The second kappa shape index (κ2) is 12.7. The number of amides is 1. The predicted molar refractivity (Wildman–Crippen MR) is 125 cm³/mol. The van der Waals surface area contributed by atoms with Crippen LogP contribution in [0, 0.1) is 0 Å². The van der Waals surface area contributed by atoms with Crippen LogP contribution in [0.2, 0.25) is 0 Å². The molecule has 0 spiro atoms. The summed E-state index contributed by atoms with van der Waals surface area (Å²) < 4.78 is 27.0. The summed E-state index contributed by atoms with van der Waals surface area (Å²) in [6, 6.07) is 16.8. The summed E-state index contributed by atoms with van der Waals surface area (Å²) in [6.07, 6.45) is 0.701. The first-order chi connectivity index (χ1) is 14.9. The first kappa shape index (κ1) is 24.4. The van der Waals surface area contributed by atoms with Crippen LogP contribution in [0.5, 0.6) is 0 Å². The Kier molecular flexibility index (Phi) is 9.99. The highest BCUT2D eigenvalue weighted by Crippen LogP contribution is 2.05. The molecule has 2 rings (SSSR count). The Labute approximate surface area is 184 Å². The first-order valence-electron chi connectivity index (χ1n) is 10.3. The van der Waals surface area contributed by atoms with Crippen molar-refractivity contribution in [2.45, 2.75) is 19.9 Å². The van der Waals surface area contributed by atoms with Gasteiger partial charge in [-0.25, -0.2) is 13.1 Å². The minimum Gasteiger partial charge on any atom is -0.357 e. The minimum absolute atomic E-state index is 0.0927. The fourth-order valence-corrected chi connectivity index (χ4v) is 3.68. The van der Waals surface area contributed by atoms with Gasteiger partial charge in [0.2, 0.25) is 10.0 Å². The predicted octanol–water partition coefficient (Wildman–Crippen LogP) is 1.26. The summed E-state index contributed by atoms with van der Waals surface area (Å²) >= 11 is 0. The largest absolute Gasteiger partial charge is 0.357 e. The smallest absolute Gasteiger partial charge is 0.251 e. The van der Waals surface area contributed by atoms with Gasteiger partial charge in [0, 0.05) is 32.2 Å². The van der Waals surface area contributed by atoms with Gasteiger partial charge in [-0.15, -0.1) is 0 Å². The lowest BCUT2D eigenvalue weighted by atomic mass is 10.1.